The Kier molecular flexibility index (Phi) is 5.92. The van der Waals surface area contributed by atoms with Gasteiger partial charge in [-0.1, -0.05) is 18.2 Å². The highest BCUT2D eigenvalue weighted by Gasteiger charge is 2.39. The van der Waals surface area contributed by atoms with Crippen molar-refractivity contribution in [3.63, 3.8) is 0 Å². The Bertz CT molecular complexity index is 1570. The lowest BCUT2D eigenvalue weighted by Gasteiger charge is -2.29. The average Bonchev–Trinajstić information content (AvgIpc) is 3.64. The van der Waals surface area contributed by atoms with E-state index in [1.807, 2.05) is 23.7 Å². The van der Waals surface area contributed by atoms with Gasteiger partial charge in [-0.2, -0.15) is 4.31 Å². The molecule has 2 aromatic carbocycles. The van der Waals surface area contributed by atoms with Crippen molar-refractivity contribution in [3.8, 4) is 22.5 Å². The van der Waals surface area contributed by atoms with Gasteiger partial charge >= 0.3 is 0 Å². The van der Waals surface area contributed by atoms with Gasteiger partial charge in [-0.25, -0.2) is 13.4 Å². The smallest absolute Gasteiger partial charge is 0.255 e. The van der Waals surface area contributed by atoms with Crippen LogP contribution in [0.1, 0.15) is 41.6 Å². The van der Waals surface area contributed by atoms with Gasteiger partial charge in [0.2, 0.25) is 21.8 Å². The van der Waals surface area contributed by atoms with E-state index in [-0.39, 0.29) is 29.7 Å². The number of amides is 3. The Labute approximate surface area is 220 Å². The molecule has 1 aromatic heterocycles. The van der Waals surface area contributed by atoms with Gasteiger partial charge in [0.1, 0.15) is 6.04 Å². The molecule has 196 valence electrons. The van der Waals surface area contributed by atoms with Crippen LogP contribution in [0.15, 0.2) is 53.7 Å². The van der Waals surface area contributed by atoms with Gasteiger partial charge in [-0.05, 0) is 49.1 Å². The van der Waals surface area contributed by atoms with E-state index in [9.17, 15) is 22.8 Å². The molecular formula is C27H27N5O5S. The van der Waals surface area contributed by atoms with Gasteiger partial charge in [0.25, 0.3) is 5.91 Å². The summed E-state index contributed by atoms with van der Waals surface area (Å²) in [5.74, 6) is -0.982. The van der Waals surface area contributed by atoms with Gasteiger partial charge in [0, 0.05) is 49.8 Å². The molecule has 0 bridgehead atoms. The quantitative estimate of drug-likeness (QED) is 0.503. The van der Waals surface area contributed by atoms with E-state index >= 15 is 0 Å². The Morgan fingerprint density at radius 3 is 2.39 bits per heavy atom. The van der Waals surface area contributed by atoms with E-state index in [2.05, 4.69) is 10.3 Å². The number of aromatic nitrogens is 2. The number of piperidine rings is 1. The molecule has 0 radical (unpaired) electrons. The SMILES string of the molecule is Cn1cnc(-c2ccc3c(c2)CN(C2CCC(=O)NC2=O)C3=O)c1-c1ccc(S(=O)(=O)N2CCCC2)cc1. The minimum atomic E-state index is -3.50. The van der Waals surface area contributed by atoms with Crippen molar-refractivity contribution < 1.29 is 22.8 Å². The molecule has 10 nitrogen and oxygen atoms in total. The molecule has 1 unspecified atom stereocenters. The molecule has 3 aliphatic heterocycles. The summed E-state index contributed by atoms with van der Waals surface area (Å²) in [7, 11) is -1.63. The highest BCUT2D eigenvalue weighted by molar-refractivity contribution is 7.89. The molecule has 3 aromatic rings. The van der Waals surface area contributed by atoms with Crippen LogP contribution in [-0.2, 0) is 33.2 Å². The number of hydrogen-bond acceptors (Lipinski definition) is 6. The molecule has 3 aliphatic rings. The molecule has 1 N–H and O–H groups in total. The first-order chi connectivity index (χ1) is 18.2. The number of nitrogens with zero attached hydrogens (tertiary/aromatic N) is 4. The minimum Gasteiger partial charge on any atom is -0.333 e. The second kappa shape index (κ2) is 9.17. The van der Waals surface area contributed by atoms with Crippen molar-refractivity contribution in [2.45, 2.75) is 43.2 Å². The number of aryl methyl sites for hydroxylation is 1. The number of nitrogens with one attached hydrogen (secondary N) is 1. The molecular weight excluding hydrogens is 506 g/mol. The number of rotatable bonds is 5. The van der Waals surface area contributed by atoms with Crippen LogP contribution in [0.25, 0.3) is 22.5 Å². The van der Waals surface area contributed by atoms with Crippen LogP contribution in [0.5, 0.6) is 0 Å². The van der Waals surface area contributed by atoms with Crippen LogP contribution in [0, 0.1) is 0 Å². The van der Waals surface area contributed by atoms with Crippen LogP contribution < -0.4 is 5.32 Å². The van der Waals surface area contributed by atoms with E-state index in [0.717, 1.165) is 35.2 Å². The third kappa shape index (κ3) is 4.02. The summed E-state index contributed by atoms with van der Waals surface area (Å²) in [6, 6.07) is 11.7. The predicted octanol–water partition coefficient (Wildman–Crippen LogP) is 2.30. The minimum absolute atomic E-state index is 0.206. The number of imidazole rings is 1. The Balaban J connectivity index is 1.29. The first kappa shape index (κ1) is 24.5. The zero-order chi connectivity index (χ0) is 26.6. The molecule has 1 atom stereocenters. The fourth-order valence-electron chi connectivity index (χ4n) is 5.57. The lowest BCUT2D eigenvalue weighted by Crippen LogP contribution is -2.52. The third-order valence-electron chi connectivity index (χ3n) is 7.56. The fraction of sp³-hybridized carbons (Fsp3) is 0.333. The molecule has 6 rings (SSSR count). The normalized spacial score (nSPS) is 20.2. The summed E-state index contributed by atoms with van der Waals surface area (Å²) >= 11 is 0. The predicted molar refractivity (Wildman–Crippen MR) is 138 cm³/mol. The summed E-state index contributed by atoms with van der Waals surface area (Å²) < 4.78 is 29.3. The molecule has 4 heterocycles. The number of benzene rings is 2. The van der Waals surface area contributed by atoms with E-state index < -0.39 is 22.0 Å². The largest absolute Gasteiger partial charge is 0.333 e. The monoisotopic (exact) mass is 533 g/mol. The van der Waals surface area contributed by atoms with Crippen LogP contribution >= 0.6 is 0 Å². The maximum Gasteiger partial charge on any atom is 0.255 e. The van der Waals surface area contributed by atoms with Gasteiger partial charge in [-0.3, -0.25) is 19.7 Å². The lowest BCUT2D eigenvalue weighted by atomic mass is 10.0. The van der Waals surface area contributed by atoms with Crippen molar-refractivity contribution in [1.82, 2.24) is 24.1 Å². The molecule has 0 aliphatic carbocycles. The summed E-state index contributed by atoms with van der Waals surface area (Å²) in [6.07, 6.45) is 3.98. The molecule has 11 heteroatoms. The van der Waals surface area contributed by atoms with Crippen LogP contribution in [-0.4, -0.2) is 64.0 Å². The van der Waals surface area contributed by atoms with Crippen LogP contribution in [0.2, 0.25) is 0 Å². The first-order valence-electron chi connectivity index (χ1n) is 12.6. The number of carbonyl (C=O) groups excluding carboxylic acids is 3. The van der Waals surface area contributed by atoms with Gasteiger partial charge in [0.05, 0.1) is 22.6 Å². The van der Waals surface area contributed by atoms with Crippen molar-refractivity contribution in [3.05, 3.63) is 59.9 Å². The van der Waals surface area contributed by atoms with E-state index in [4.69, 9.17) is 0 Å². The summed E-state index contributed by atoms with van der Waals surface area (Å²) in [4.78, 5) is 43.4. The third-order valence-corrected chi connectivity index (χ3v) is 9.48. The van der Waals surface area contributed by atoms with Crippen molar-refractivity contribution >= 4 is 27.7 Å². The molecule has 0 spiro atoms. The number of sulfonamides is 1. The van der Waals surface area contributed by atoms with Crippen molar-refractivity contribution in [2.24, 2.45) is 7.05 Å². The van der Waals surface area contributed by atoms with Crippen LogP contribution in [0.3, 0.4) is 0 Å². The van der Waals surface area contributed by atoms with Crippen molar-refractivity contribution in [2.75, 3.05) is 13.1 Å². The second-order valence-corrected chi connectivity index (χ2v) is 11.9. The Morgan fingerprint density at radius 2 is 1.68 bits per heavy atom. The summed E-state index contributed by atoms with van der Waals surface area (Å²) in [5.41, 5.74) is 4.49. The van der Waals surface area contributed by atoms with E-state index in [0.29, 0.717) is 30.8 Å². The highest BCUT2D eigenvalue weighted by Crippen LogP contribution is 2.35. The van der Waals surface area contributed by atoms with Gasteiger partial charge < -0.3 is 9.47 Å². The van der Waals surface area contributed by atoms with E-state index in [1.54, 1.807) is 36.7 Å². The maximum absolute atomic E-state index is 13.1. The van der Waals surface area contributed by atoms with E-state index in [1.165, 1.54) is 9.21 Å². The standard InChI is InChI=1S/C27H27N5O5S/c1-30-16-28-24(25(30)17-4-7-20(8-5-17)38(36,37)31-12-2-3-13-31)18-6-9-21-19(14-18)15-32(27(21)35)22-10-11-23(33)29-26(22)34/h4-9,14,16,22H,2-3,10-13,15H2,1H3,(H,29,33,34). The second-order valence-electron chi connectivity index (χ2n) is 9.96. The number of fused-ring (bicyclic) bond motifs is 1. The highest BCUT2D eigenvalue weighted by atomic mass is 32.2. The Morgan fingerprint density at radius 1 is 0.974 bits per heavy atom. The first-order valence-corrected chi connectivity index (χ1v) is 14.1. The molecule has 2 saturated heterocycles. The molecule has 0 saturated carbocycles. The number of imide groups is 1. The average molecular weight is 534 g/mol. The van der Waals surface area contributed by atoms with Crippen LogP contribution in [0.4, 0.5) is 0 Å². The van der Waals surface area contributed by atoms with Gasteiger partial charge in [0.15, 0.2) is 0 Å². The maximum atomic E-state index is 13.1. The number of carbonyl (C=O) groups is 3. The van der Waals surface area contributed by atoms with Crippen molar-refractivity contribution in [1.29, 1.82) is 0 Å². The lowest BCUT2D eigenvalue weighted by molar-refractivity contribution is -0.136. The number of hydrogen-bond donors (Lipinski definition) is 1. The fourth-order valence-corrected chi connectivity index (χ4v) is 7.08. The Hall–Kier alpha value is -3.83. The van der Waals surface area contributed by atoms with Gasteiger partial charge in [-0.15, -0.1) is 0 Å². The molecule has 38 heavy (non-hydrogen) atoms. The zero-order valence-electron chi connectivity index (χ0n) is 20.9. The molecule has 3 amide bonds. The summed E-state index contributed by atoms with van der Waals surface area (Å²) in [6.45, 7) is 1.38. The zero-order valence-corrected chi connectivity index (χ0v) is 21.7. The summed E-state index contributed by atoms with van der Waals surface area (Å²) in [5, 5.41) is 2.32. The molecule has 2 fully saturated rings. The topological polar surface area (TPSA) is 122 Å².